The van der Waals surface area contributed by atoms with E-state index < -0.39 is 18.3 Å². The Morgan fingerprint density at radius 3 is 2.23 bits per heavy atom. The van der Waals surface area contributed by atoms with E-state index in [2.05, 4.69) is 14.7 Å². The van der Waals surface area contributed by atoms with E-state index in [1.165, 1.54) is 30.6 Å². The van der Waals surface area contributed by atoms with Gasteiger partial charge in [0.15, 0.2) is 0 Å². The summed E-state index contributed by atoms with van der Waals surface area (Å²) >= 11 is 0. The van der Waals surface area contributed by atoms with Gasteiger partial charge in [0.1, 0.15) is 5.69 Å². The van der Waals surface area contributed by atoms with E-state index in [4.69, 9.17) is 5.11 Å². The average Bonchev–Trinajstić information content (AvgIpc) is 2.48. The molecule has 116 valence electrons. The molecule has 0 spiro atoms. The molecule has 0 saturated heterocycles. The fraction of sp³-hybridized carbons (Fsp3) is 0.0769. The average molecular weight is 314 g/mol. The summed E-state index contributed by atoms with van der Waals surface area (Å²) in [7, 11) is 0. The lowest BCUT2D eigenvalue weighted by Gasteiger charge is -2.05. The zero-order valence-corrected chi connectivity index (χ0v) is 10.8. The predicted molar refractivity (Wildman–Crippen MR) is 66.9 cm³/mol. The van der Waals surface area contributed by atoms with Gasteiger partial charge < -0.3 is 9.84 Å². The molecular formula is C13H9F3N2O4. The Morgan fingerprint density at radius 2 is 1.82 bits per heavy atom. The van der Waals surface area contributed by atoms with E-state index in [0.717, 1.165) is 6.20 Å². The number of carboxylic acids is 1. The quantitative estimate of drug-likeness (QED) is 0.857. The van der Waals surface area contributed by atoms with E-state index in [9.17, 15) is 22.8 Å². The Bertz CT molecular complexity index is 618. The van der Waals surface area contributed by atoms with Crippen LogP contribution in [-0.4, -0.2) is 33.4 Å². The predicted octanol–water partition coefficient (Wildman–Crippen LogP) is 2.54. The number of rotatable bonds is 2. The van der Waals surface area contributed by atoms with Gasteiger partial charge in [-0.05, 0) is 24.3 Å². The molecule has 9 heteroatoms. The van der Waals surface area contributed by atoms with Gasteiger partial charge in [-0.2, -0.15) is 0 Å². The van der Waals surface area contributed by atoms with Crippen molar-refractivity contribution in [1.29, 1.82) is 0 Å². The molecule has 0 radical (unpaired) electrons. The molecule has 2 heterocycles. The molecule has 2 rings (SSSR count). The molecule has 2 aromatic heterocycles. The SMILES string of the molecule is O=C(O)c1ccccn1.O=C(OC(F)(F)F)c1cccnc1. The first-order valence-corrected chi connectivity index (χ1v) is 5.64. The molecule has 0 amide bonds. The molecule has 0 aliphatic carbocycles. The van der Waals surface area contributed by atoms with Gasteiger partial charge in [0.25, 0.3) is 0 Å². The van der Waals surface area contributed by atoms with Gasteiger partial charge in [-0.15, -0.1) is 13.2 Å². The van der Waals surface area contributed by atoms with Crippen molar-refractivity contribution in [2.45, 2.75) is 6.36 Å². The molecular weight excluding hydrogens is 305 g/mol. The monoisotopic (exact) mass is 314 g/mol. The van der Waals surface area contributed by atoms with Crippen molar-refractivity contribution in [3.63, 3.8) is 0 Å². The van der Waals surface area contributed by atoms with Crippen molar-refractivity contribution in [1.82, 2.24) is 9.97 Å². The van der Waals surface area contributed by atoms with Gasteiger partial charge in [0.2, 0.25) is 0 Å². The second-order valence-corrected chi connectivity index (χ2v) is 3.60. The van der Waals surface area contributed by atoms with Gasteiger partial charge in [-0.25, -0.2) is 14.6 Å². The first kappa shape index (κ1) is 17.1. The number of ether oxygens (including phenoxy) is 1. The Morgan fingerprint density at radius 1 is 1.09 bits per heavy atom. The Balaban J connectivity index is 0.000000235. The number of alkyl halides is 3. The molecule has 0 bridgehead atoms. The highest BCUT2D eigenvalue weighted by Crippen LogP contribution is 2.18. The molecule has 0 saturated carbocycles. The number of hydrogen-bond acceptors (Lipinski definition) is 5. The summed E-state index contributed by atoms with van der Waals surface area (Å²) in [6, 6.07) is 7.28. The largest absolute Gasteiger partial charge is 0.575 e. The number of hydrogen-bond donors (Lipinski definition) is 1. The van der Waals surface area contributed by atoms with Crippen molar-refractivity contribution >= 4 is 11.9 Å². The topological polar surface area (TPSA) is 89.4 Å². The lowest BCUT2D eigenvalue weighted by molar-refractivity contribution is -0.291. The summed E-state index contributed by atoms with van der Waals surface area (Å²) in [5.74, 6) is -2.45. The molecule has 6 nitrogen and oxygen atoms in total. The highest BCUT2D eigenvalue weighted by Gasteiger charge is 2.34. The number of carbonyl (C=O) groups excluding carboxylic acids is 1. The third-order valence-electron chi connectivity index (χ3n) is 1.99. The van der Waals surface area contributed by atoms with Crippen LogP contribution >= 0.6 is 0 Å². The normalized spacial score (nSPS) is 10.1. The molecule has 22 heavy (non-hydrogen) atoms. The van der Waals surface area contributed by atoms with Crippen molar-refractivity contribution in [2.24, 2.45) is 0 Å². The zero-order chi connectivity index (χ0) is 16.6. The van der Waals surface area contributed by atoms with E-state index >= 15 is 0 Å². The molecule has 1 N–H and O–H groups in total. The molecule has 0 unspecified atom stereocenters. The van der Waals surface area contributed by atoms with E-state index in [-0.39, 0.29) is 11.3 Å². The van der Waals surface area contributed by atoms with Gasteiger partial charge in [0, 0.05) is 18.6 Å². The smallest absolute Gasteiger partial charge is 0.477 e. The van der Waals surface area contributed by atoms with Crippen molar-refractivity contribution in [2.75, 3.05) is 0 Å². The molecule has 2 aromatic rings. The second-order valence-electron chi connectivity index (χ2n) is 3.60. The molecule has 0 aliphatic heterocycles. The number of nitrogens with zero attached hydrogens (tertiary/aromatic N) is 2. The third-order valence-corrected chi connectivity index (χ3v) is 1.99. The fourth-order valence-corrected chi connectivity index (χ4v) is 1.14. The van der Waals surface area contributed by atoms with Crippen LogP contribution in [0.5, 0.6) is 0 Å². The van der Waals surface area contributed by atoms with Crippen molar-refractivity contribution in [3.05, 3.63) is 60.2 Å². The van der Waals surface area contributed by atoms with Crippen LogP contribution in [-0.2, 0) is 4.74 Å². The van der Waals surface area contributed by atoms with Crippen LogP contribution < -0.4 is 0 Å². The maximum absolute atomic E-state index is 11.5. The maximum Gasteiger partial charge on any atom is 0.575 e. The first-order valence-electron chi connectivity index (χ1n) is 5.64. The van der Waals surface area contributed by atoms with Crippen LogP contribution in [0.1, 0.15) is 20.8 Å². The van der Waals surface area contributed by atoms with Crippen LogP contribution in [0.2, 0.25) is 0 Å². The lowest BCUT2D eigenvalue weighted by atomic mass is 10.3. The first-order chi connectivity index (χ1) is 10.3. The minimum Gasteiger partial charge on any atom is -0.477 e. The summed E-state index contributed by atoms with van der Waals surface area (Å²) in [6.07, 6.45) is -1.17. The number of carboxylic acid groups (broad SMARTS) is 1. The molecule has 0 atom stereocenters. The third kappa shape index (κ3) is 6.46. The van der Waals surface area contributed by atoms with E-state index in [1.807, 2.05) is 0 Å². The second kappa shape index (κ2) is 7.72. The fourth-order valence-electron chi connectivity index (χ4n) is 1.14. The van der Waals surface area contributed by atoms with Gasteiger partial charge in [-0.3, -0.25) is 4.98 Å². The Labute approximate surface area is 122 Å². The number of aromatic carboxylic acids is 1. The highest BCUT2D eigenvalue weighted by atomic mass is 19.4. The lowest BCUT2D eigenvalue weighted by Crippen LogP contribution is -2.19. The van der Waals surface area contributed by atoms with Gasteiger partial charge in [-0.1, -0.05) is 6.07 Å². The van der Waals surface area contributed by atoms with Crippen molar-refractivity contribution in [3.8, 4) is 0 Å². The molecule has 0 fully saturated rings. The number of carbonyl (C=O) groups is 2. The summed E-state index contributed by atoms with van der Waals surface area (Å²) in [4.78, 5) is 27.9. The van der Waals surface area contributed by atoms with E-state index in [1.54, 1.807) is 12.1 Å². The Hall–Kier alpha value is -2.97. The van der Waals surface area contributed by atoms with Crippen LogP contribution in [0.4, 0.5) is 13.2 Å². The van der Waals surface area contributed by atoms with E-state index in [0.29, 0.717) is 0 Å². The van der Waals surface area contributed by atoms with Crippen molar-refractivity contribution < 1.29 is 32.6 Å². The van der Waals surface area contributed by atoms with Gasteiger partial charge in [0.05, 0.1) is 5.56 Å². The highest BCUT2D eigenvalue weighted by molar-refractivity contribution is 5.89. The minimum atomic E-state index is -4.95. The van der Waals surface area contributed by atoms with Crippen LogP contribution in [0.25, 0.3) is 0 Å². The number of halogens is 3. The molecule has 0 aliphatic rings. The van der Waals surface area contributed by atoms with Gasteiger partial charge >= 0.3 is 18.3 Å². The standard InChI is InChI=1S/C7H4F3NO2.C6H5NO2/c8-7(9,10)13-6(12)5-2-1-3-11-4-5;8-6(9)5-3-1-2-4-7-5/h1-4H;1-4H,(H,8,9). The number of esters is 1. The zero-order valence-electron chi connectivity index (χ0n) is 10.8. The minimum absolute atomic E-state index is 0.0810. The van der Waals surface area contributed by atoms with Crippen LogP contribution in [0.15, 0.2) is 48.9 Å². The summed E-state index contributed by atoms with van der Waals surface area (Å²) < 4.78 is 37.7. The number of aromatic nitrogens is 2. The Kier molecular flexibility index (Phi) is 5.99. The number of pyridine rings is 2. The maximum atomic E-state index is 11.5. The summed E-state index contributed by atoms with van der Waals surface area (Å²) in [6.45, 7) is 0. The summed E-state index contributed by atoms with van der Waals surface area (Å²) in [5, 5.41) is 8.32. The summed E-state index contributed by atoms with van der Waals surface area (Å²) in [5.41, 5.74) is -0.155. The van der Waals surface area contributed by atoms with Crippen LogP contribution in [0.3, 0.4) is 0 Å². The molecule has 0 aromatic carbocycles. The van der Waals surface area contributed by atoms with Crippen LogP contribution in [0, 0.1) is 0 Å².